The van der Waals surface area contributed by atoms with Gasteiger partial charge < -0.3 is 10.5 Å². The maximum atomic E-state index is 6.29. The molecule has 0 radical (unpaired) electrons. The lowest BCUT2D eigenvalue weighted by molar-refractivity contribution is -0.150. The van der Waals surface area contributed by atoms with Gasteiger partial charge in [-0.1, -0.05) is 45.4 Å². The van der Waals surface area contributed by atoms with Crippen molar-refractivity contribution in [2.75, 3.05) is 0 Å². The van der Waals surface area contributed by atoms with Gasteiger partial charge in [0.25, 0.3) is 0 Å². The molecule has 3 atom stereocenters. The fourth-order valence-corrected chi connectivity index (χ4v) is 3.90. The SMILES string of the molecule is CCCCCCC(C)OC1CC(N)C12CCCC2. The van der Waals surface area contributed by atoms with Crippen LogP contribution in [0.25, 0.3) is 0 Å². The summed E-state index contributed by atoms with van der Waals surface area (Å²) in [6, 6.07) is 0.414. The van der Waals surface area contributed by atoms with Gasteiger partial charge in [-0.2, -0.15) is 0 Å². The first kappa shape index (κ1) is 14.3. The molecule has 2 N–H and O–H groups in total. The lowest BCUT2D eigenvalue weighted by Crippen LogP contribution is -2.61. The van der Waals surface area contributed by atoms with Crippen molar-refractivity contribution in [2.24, 2.45) is 11.1 Å². The van der Waals surface area contributed by atoms with Crippen molar-refractivity contribution >= 4 is 0 Å². The number of hydrogen-bond donors (Lipinski definition) is 1. The Bertz CT molecular complexity index is 247. The minimum absolute atomic E-state index is 0.373. The molecule has 106 valence electrons. The Kier molecular flexibility index (Phi) is 5.08. The first-order chi connectivity index (χ1) is 8.69. The van der Waals surface area contributed by atoms with Gasteiger partial charge in [-0.15, -0.1) is 0 Å². The van der Waals surface area contributed by atoms with Gasteiger partial charge in [0, 0.05) is 11.5 Å². The maximum absolute atomic E-state index is 6.29. The quantitative estimate of drug-likeness (QED) is 0.695. The van der Waals surface area contributed by atoms with Crippen molar-refractivity contribution in [3.05, 3.63) is 0 Å². The Morgan fingerprint density at radius 3 is 2.56 bits per heavy atom. The van der Waals surface area contributed by atoms with E-state index in [0.29, 0.717) is 23.7 Å². The Morgan fingerprint density at radius 2 is 1.94 bits per heavy atom. The van der Waals surface area contributed by atoms with Crippen LogP contribution in [0.1, 0.15) is 78.1 Å². The molecule has 0 aliphatic heterocycles. The second kappa shape index (κ2) is 6.38. The Morgan fingerprint density at radius 1 is 1.22 bits per heavy atom. The minimum Gasteiger partial charge on any atom is -0.375 e. The molecule has 1 spiro atoms. The van der Waals surface area contributed by atoms with Crippen LogP contribution in [-0.4, -0.2) is 18.2 Å². The molecular weight excluding hydrogens is 222 g/mol. The largest absolute Gasteiger partial charge is 0.375 e. The van der Waals surface area contributed by atoms with Crippen molar-refractivity contribution in [3.8, 4) is 0 Å². The average molecular weight is 253 g/mol. The number of hydrogen-bond acceptors (Lipinski definition) is 2. The molecule has 0 aromatic carbocycles. The summed E-state index contributed by atoms with van der Waals surface area (Å²) in [5, 5.41) is 0. The number of ether oxygens (including phenoxy) is 1. The Hall–Kier alpha value is -0.0800. The molecule has 2 aliphatic carbocycles. The number of nitrogens with two attached hydrogens (primary N) is 1. The third kappa shape index (κ3) is 2.91. The average Bonchev–Trinajstić information content (AvgIpc) is 2.86. The van der Waals surface area contributed by atoms with Crippen LogP contribution in [0.15, 0.2) is 0 Å². The summed E-state index contributed by atoms with van der Waals surface area (Å²) >= 11 is 0. The van der Waals surface area contributed by atoms with Gasteiger partial charge >= 0.3 is 0 Å². The molecule has 2 aliphatic rings. The van der Waals surface area contributed by atoms with E-state index in [1.54, 1.807) is 0 Å². The van der Waals surface area contributed by atoms with Crippen LogP contribution in [-0.2, 0) is 4.74 Å². The van der Waals surface area contributed by atoms with Crippen LogP contribution in [0.5, 0.6) is 0 Å². The summed E-state index contributed by atoms with van der Waals surface area (Å²) in [7, 11) is 0. The lowest BCUT2D eigenvalue weighted by Gasteiger charge is -2.53. The normalized spacial score (nSPS) is 31.5. The summed E-state index contributed by atoms with van der Waals surface area (Å²) in [6.07, 6.45) is 13.9. The highest BCUT2D eigenvalue weighted by Gasteiger charge is 2.55. The molecule has 2 heteroatoms. The monoisotopic (exact) mass is 253 g/mol. The van der Waals surface area contributed by atoms with E-state index in [4.69, 9.17) is 10.5 Å². The van der Waals surface area contributed by atoms with Crippen LogP contribution < -0.4 is 5.73 Å². The highest BCUT2D eigenvalue weighted by Crippen LogP contribution is 2.54. The third-order valence-corrected chi connectivity index (χ3v) is 5.24. The highest BCUT2D eigenvalue weighted by atomic mass is 16.5. The van der Waals surface area contributed by atoms with Crippen molar-refractivity contribution in [1.82, 2.24) is 0 Å². The number of unbranched alkanes of at least 4 members (excludes halogenated alkanes) is 3. The lowest BCUT2D eigenvalue weighted by atomic mass is 9.61. The summed E-state index contributed by atoms with van der Waals surface area (Å²) in [5.41, 5.74) is 6.62. The predicted molar refractivity (Wildman–Crippen MR) is 76.6 cm³/mol. The van der Waals surface area contributed by atoms with Crippen molar-refractivity contribution in [3.63, 3.8) is 0 Å². The van der Waals surface area contributed by atoms with Crippen molar-refractivity contribution in [1.29, 1.82) is 0 Å². The van der Waals surface area contributed by atoms with Gasteiger partial charge in [-0.05, 0) is 32.6 Å². The smallest absolute Gasteiger partial charge is 0.0664 e. The zero-order valence-corrected chi connectivity index (χ0v) is 12.3. The van der Waals surface area contributed by atoms with E-state index in [2.05, 4.69) is 13.8 Å². The van der Waals surface area contributed by atoms with Gasteiger partial charge in [0.05, 0.1) is 12.2 Å². The molecule has 0 saturated heterocycles. The summed E-state index contributed by atoms with van der Waals surface area (Å²) in [6.45, 7) is 4.51. The summed E-state index contributed by atoms with van der Waals surface area (Å²) in [4.78, 5) is 0. The Labute approximate surface area is 113 Å². The van der Waals surface area contributed by atoms with Gasteiger partial charge in [0.15, 0.2) is 0 Å². The molecule has 0 heterocycles. The van der Waals surface area contributed by atoms with Gasteiger partial charge in [-0.3, -0.25) is 0 Å². The zero-order valence-electron chi connectivity index (χ0n) is 12.3. The molecule has 2 fully saturated rings. The highest BCUT2D eigenvalue weighted by molar-refractivity contribution is 5.08. The minimum atomic E-state index is 0.373. The second-order valence-electron chi connectivity index (χ2n) is 6.57. The first-order valence-electron chi connectivity index (χ1n) is 8.10. The van der Waals surface area contributed by atoms with Crippen molar-refractivity contribution < 1.29 is 4.74 Å². The van der Waals surface area contributed by atoms with Gasteiger partial charge in [-0.25, -0.2) is 0 Å². The third-order valence-electron chi connectivity index (χ3n) is 5.24. The maximum Gasteiger partial charge on any atom is 0.0664 e. The molecule has 2 nitrogen and oxygen atoms in total. The number of rotatable bonds is 7. The van der Waals surface area contributed by atoms with Crippen molar-refractivity contribution in [2.45, 2.75) is 96.3 Å². The molecule has 2 saturated carbocycles. The van der Waals surface area contributed by atoms with E-state index in [-0.39, 0.29) is 0 Å². The van der Waals surface area contributed by atoms with E-state index in [9.17, 15) is 0 Å². The van der Waals surface area contributed by atoms with Gasteiger partial charge in [0.1, 0.15) is 0 Å². The zero-order chi connectivity index (χ0) is 13.0. The van der Waals surface area contributed by atoms with E-state index in [1.807, 2.05) is 0 Å². The van der Waals surface area contributed by atoms with E-state index in [1.165, 1.54) is 57.8 Å². The standard InChI is InChI=1S/C16H31NO/c1-3-4-5-6-9-13(2)18-15-12-14(17)16(15)10-7-8-11-16/h13-15H,3-12,17H2,1-2H3. The van der Waals surface area contributed by atoms with Gasteiger partial charge in [0.2, 0.25) is 0 Å². The molecule has 0 amide bonds. The van der Waals surface area contributed by atoms with Crippen LogP contribution in [0.4, 0.5) is 0 Å². The summed E-state index contributed by atoms with van der Waals surface area (Å²) in [5.74, 6) is 0. The van der Waals surface area contributed by atoms with E-state index in [0.717, 1.165) is 6.42 Å². The predicted octanol–water partition coefficient (Wildman–Crippen LogP) is 4.02. The van der Waals surface area contributed by atoms with E-state index < -0.39 is 0 Å². The molecule has 18 heavy (non-hydrogen) atoms. The fourth-order valence-electron chi connectivity index (χ4n) is 3.90. The van der Waals surface area contributed by atoms with Crippen LogP contribution in [0.3, 0.4) is 0 Å². The van der Waals surface area contributed by atoms with Crippen LogP contribution in [0, 0.1) is 5.41 Å². The molecule has 0 bridgehead atoms. The molecule has 3 unspecified atom stereocenters. The Balaban J connectivity index is 1.69. The van der Waals surface area contributed by atoms with Crippen LogP contribution in [0.2, 0.25) is 0 Å². The second-order valence-corrected chi connectivity index (χ2v) is 6.57. The molecule has 0 aromatic heterocycles. The molecular formula is C16H31NO. The van der Waals surface area contributed by atoms with Crippen LogP contribution >= 0.6 is 0 Å². The first-order valence-corrected chi connectivity index (χ1v) is 8.10. The fraction of sp³-hybridized carbons (Fsp3) is 1.00. The molecule has 0 aromatic rings. The topological polar surface area (TPSA) is 35.2 Å². The van der Waals surface area contributed by atoms with E-state index >= 15 is 0 Å². The summed E-state index contributed by atoms with van der Waals surface area (Å²) < 4.78 is 6.29. The molecule has 2 rings (SSSR count).